The minimum Gasteiger partial charge on any atom is -0.368 e. The zero-order valence-electron chi connectivity index (χ0n) is 19.4. The van der Waals surface area contributed by atoms with Crippen LogP contribution < -0.4 is 0 Å². The lowest BCUT2D eigenvalue weighted by atomic mass is 9.98. The van der Waals surface area contributed by atoms with Gasteiger partial charge in [0.05, 0.1) is 25.9 Å². The summed E-state index contributed by atoms with van der Waals surface area (Å²) in [6.07, 6.45) is -2.18. The summed E-state index contributed by atoms with van der Waals surface area (Å²) in [6, 6.07) is 30.2. The highest BCUT2D eigenvalue weighted by Gasteiger charge is 2.48. The van der Waals surface area contributed by atoms with E-state index in [9.17, 15) is 0 Å². The summed E-state index contributed by atoms with van der Waals surface area (Å²) < 4.78 is 31.2. The highest BCUT2D eigenvalue weighted by Crippen LogP contribution is 2.31. The Labute approximate surface area is 207 Å². The van der Waals surface area contributed by atoms with Crippen molar-refractivity contribution in [2.75, 3.05) is 12.9 Å². The largest absolute Gasteiger partial charge is 0.368 e. The topological polar surface area (TPSA) is 46.2 Å². The van der Waals surface area contributed by atoms with Gasteiger partial charge >= 0.3 is 0 Å². The van der Waals surface area contributed by atoms with Gasteiger partial charge in [0, 0.05) is 12.9 Å². The Morgan fingerprint density at radius 2 is 1.03 bits per heavy atom. The third kappa shape index (κ3) is 6.69. The summed E-state index contributed by atoms with van der Waals surface area (Å²) in [6.45, 7) is 1.28. The predicted octanol–water partition coefficient (Wildman–Crippen LogP) is 5.04. The van der Waals surface area contributed by atoms with Gasteiger partial charge in [0.2, 0.25) is 0 Å². The third-order valence-corrected chi connectivity index (χ3v) is 6.22. The van der Waals surface area contributed by atoms with Crippen LogP contribution in [0, 0.1) is 0 Å². The van der Waals surface area contributed by atoms with E-state index in [0.717, 1.165) is 16.7 Å². The highest BCUT2D eigenvalue weighted by atomic mass is 32.1. The van der Waals surface area contributed by atoms with Crippen LogP contribution in [0.2, 0.25) is 0 Å². The average molecular weight is 481 g/mol. The van der Waals surface area contributed by atoms with Gasteiger partial charge in [-0.05, 0) is 16.7 Å². The monoisotopic (exact) mass is 480 g/mol. The lowest BCUT2D eigenvalue weighted by Crippen LogP contribution is -2.61. The first-order chi connectivity index (χ1) is 16.8. The summed E-state index contributed by atoms with van der Waals surface area (Å²) in [7, 11) is 1.62. The van der Waals surface area contributed by atoms with Crippen molar-refractivity contribution in [3.8, 4) is 0 Å². The molecular formula is C28H32O5S. The summed E-state index contributed by atoms with van der Waals surface area (Å²) >= 11 is 4.54. The van der Waals surface area contributed by atoms with Crippen molar-refractivity contribution in [3.63, 3.8) is 0 Å². The van der Waals surface area contributed by atoms with E-state index in [-0.39, 0.29) is 12.2 Å². The second kappa shape index (κ2) is 13.0. The maximum atomic E-state index is 6.49. The van der Waals surface area contributed by atoms with Crippen molar-refractivity contribution in [2.45, 2.75) is 50.5 Å². The molecule has 6 heteroatoms. The summed E-state index contributed by atoms with van der Waals surface area (Å²) in [4.78, 5) is 0. The number of rotatable bonds is 11. The first-order valence-electron chi connectivity index (χ1n) is 11.5. The fraction of sp³-hybridized carbons (Fsp3) is 0.357. The standard InChI is InChI=1S/C28H32O5S/c1-29-28-27(32-19-23-15-9-4-10-16-23)26(31-18-22-13-7-3-8-14-22)25(24(20-34)33-28)30-17-21-11-5-2-6-12-21/h2-16,24-28,34H,17-20H2,1H3. The normalized spacial score (nSPS) is 24.7. The van der Waals surface area contributed by atoms with Crippen molar-refractivity contribution in [2.24, 2.45) is 0 Å². The summed E-state index contributed by atoms with van der Waals surface area (Å²) in [5.74, 6) is 0.468. The van der Waals surface area contributed by atoms with Gasteiger partial charge in [-0.1, -0.05) is 91.0 Å². The molecule has 34 heavy (non-hydrogen) atoms. The van der Waals surface area contributed by atoms with Crippen LogP contribution in [-0.2, 0) is 43.5 Å². The number of benzene rings is 3. The van der Waals surface area contributed by atoms with E-state index in [0.29, 0.717) is 25.6 Å². The summed E-state index contributed by atoms with van der Waals surface area (Å²) in [5.41, 5.74) is 3.23. The van der Waals surface area contributed by atoms with Gasteiger partial charge in [0.25, 0.3) is 0 Å². The molecule has 0 bridgehead atoms. The minimum atomic E-state index is -0.599. The van der Waals surface area contributed by atoms with Crippen LogP contribution in [0.25, 0.3) is 0 Å². The van der Waals surface area contributed by atoms with Crippen molar-refractivity contribution in [1.82, 2.24) is 0 Å². The van der Waals surface area contributed by atoms with E-state index in [4.69, 9.17) is 23.7 Å². The highest BCUT2D eigenvalue weighted by molar-refractivity contribution is 7.80. The van der Waals surface area contributed by atoms with Gasteiger partial charge in [-0.3, -0.25) is 0 Å². The Morgan fingerprint density at radius 3 is 1.44 bits per heavy atom. The molecule has 1 fully saturated rings. The maximum absolute atomic E-state index is 6.49. The Morgan fingerprint density at radius 1 is 0.618 bits per heavy atom. The molecular weight excluding hydrogens is 448 g/mol. The lowest BCUT2D eigenvalue weighted by molar-refractivity contribution is -0.313. The van der Waals surface area contributed by atoms with E-state index in [1.807, 2.05) is 91.0 Å². The van der Waals surface area contributed by atoms with Gasteiger partial charge in [-0.2, -0.15) is 12.6 Å². The Balaban J connectivity index is 1.56. The van der Waals surface area contributed by atoms with Crippen LogP contribution in [-0.4, -0.2) is 43.6 Å². The first-order valence-corrected chi connectivity index (χ1v) is 12.2. The molecule has 1 aliphatic rings. The Bertz CT molecular complexity index is 899. The summed E-state index contributed by atoms with van der Waals surface area (Å²) in [5, 5.41) is 0. The molecule has 0 aromatic heterocycles. The van der Waals surface area contributed by atoms with E-state index in [2.05, 4.69) is 12.6 Å². The minimum absolute atomic E-state index is 0.311. The molecule has 0 spiro atoms. The molecule has 1 saturated heterocycles. The predicted molar refractivity (Wildman–Crippen MR) is 135 cm³/mol. The average Bonchev–Trinajstić information content (AvgIpc) is 2.91. The molecule has 1 aliphatic heterocycles. The fourth-order valence-electron chi connectivity index (χ4n) is 4.08. The van der Waals surface area contributed by atoms with Crippen LogP contribution >= 0.6 is 12.6 Å². The zero-order chi connectivity index (χ0) is 23.6. The smallest absolute Gasteiger partial charge is 0.186 e. The quantitative estimate of drug-likeness (QED) is 0.390. The van der Waals surface area contributed by atoms with E-state index in [1.54, 1.807) is 7.11 Å². The Hall–Kier alpha value is -2.19. The molecule has 4 rings (SSSR count). The SMILES string of the molecule is COC1OC(CS)C(OCc2ccccc2)C(OCc2ccccc2)C1OCc1ccccc1. The van der Waals surface area contributed by atoms with Crippen molar-refractivity contribution in [3.05, 3.63) is 108 Å². The lowest BCUT2D eigenvalue weighted by Gasteiger charge is -2.45. The number of methoxy groups -OCH3 is 1. The molecule has 0 aliphatic carbocycles. The molecule has 1 heterocycles. The van der Waals surface area contributed by atoms with E-state index < -0.39 is 18.5 Å². The van der Waals surface area contributed by atoms with Gasteiger partial charge in [0.15, 0.2) is 6.29 Å². The number of ether oxygens (including phenoxy) is 5. The molecule has 0 radical (unpaired) electrons. The zero-order valence-corrected chi connectivity index (χ0v) is 20.3. The molecule has 3 aromatic rings. The van der Waals surface area contributed by atoms with Crippen molar-refractivity contribution in [1.29, 1.82) is 0 Å². The number of thiol groups is 1. The number of hydrogen-bond donors (Lipinski definition) is 1. The molecule has 0 saturated carbocycles. The van der Waals surface area contributed by atoms with Crippen molar-refractivity contribution >= 4 is 12.6 Å². The van der Waals surface area contributed by atoms with E-state index >= 15 is 0 Å². The molecule has 5 atom stereocenters. The fourth-order valence-corrected chi connectivity index (χ4v) is 4.38. The maximum Gasteiger partial charge on any atom is 0.186 e. The molecule has 5 unspecified atom stereocenters. The van der Waals surface area contributed by atoms with E-state index in [1.165, 1.54) is 0 Å². The van der Waals surface area contributed by atoms with Crippen LogP contribution in [0.1, 0.15) is 16.7 Å². The molecule has 0 N–H and O–H groups in total. The van der Waals surface area contributed by atoms with Gasteiger partial charge in [0.1, 0.15) is 18.3 Å². The third-order valence-electron chi connectivity index (χ3n) is 5.86. The van der Waals surface area contributed by atoms with Gasteiger partial charge in [-0.25, -0.2) is 0 Å². The molecule has 180 valence electrons. The molecule has 0 amide bonds. The molecule has 5 nitrogen and oxygen atoms in total. The second-order valence-electron chi connectivity index (χ2n) is 8.24. The van der Waals surface area contributed by atoms with Gasteiger partial charge < -0.3 is 23.7 Å². The van der Waals surface area contributed by atoms with Crippen LogP contribution in [0.15, 0.2) is 91.0 Å². The van der Waals surface area contributed by atoms with Crippen LogP contribution in [0.4, 0.5) is 0 Å². The van der Waals surface area contributed by atoms with Gasteiger partial charge in [-0.15, -0.1) is 0 Å². The second-order valence-corrected chi connectivity index (χ2v) is 8.61. The van der Waals surface area contributed by atoms with Crippen LogP contribution in [0.3, 0.4) is 0 Å². The first kappa shape index (κ1) is 24.9. The van der Waals surface area contributed by atoms with Crippen LogP contribution in [0.5, 0.6) is 0 Å². The van der Waals surface area contributed by atoms with Crippen molar-refractivity contribution < 1.29 is 23.7 Å². The number of hydrogen-bond acceptors (Lipinski definition) is 6. The Kier molecular flexibility index (Phi) is 9.56. The molecule has 3 aromatic carbocycles.